The first-order valence-corrected chi connectivity index (χ1v) is 5.78. The Bertz CT molecular complexity index is 588. The van der Waals surface area contributed by atoms with Crippen LogP contribution >= 0.6 is 11.3 Å². The predicted octanol–water partition coefficient (Wildman–Crippen LogP) is 2.07. The van der Waals surface area contributed by atoms with Crippen LogP contribution in [0.5, 0.6) is 0 Å². The fourth-order valence-electron chi connectivity index (χ4n) is 1.31. The lowest BCUT2D eigenvalue weighted by Crippen LogP contribution is -1.94. The first-order chi connectivity index (χ1) is 8.42. The molecule has 0 saturated carbocycles. The molecule has 3 rings (SSSR count). The van der Waals surface area contributed by atoms with Gasteiger partial charge in [0.2, 0.25) is 5.95 Å². The number of hydrogen-bond acceptors (Lipinski definition) is 6. The minimum Gasteiger partial charge on any atom is -0.300 e. The fraction of sp³-hybridized carbons (Fsp3) is 0. The van der Waals surface area contributed by atoms with Gasteiger partial charge in [-0.15, -0.1) is 11.3 Å². The van der Waals surface area contributed by atoms with Crippen LogP contribution in [-0.4, -0.2) is 25.1 Å². The summed E-state index contributed by atoms with van der Waals surface area (Å²) in [6.45, 7) is 0. The van der Waals surface area contributed by atoms with Crippen molar-refractivity contribution in [3.63, 3.8) is 0 Å². The van der Waals surface area contributed by atoms with Crippen LogP contribution in [0.15, 0.2) is 36.2 Å². The molecule has 17 heavy (non-hydrogen) atoms. The second kappa shape index (κ2) is 4.30. The molecule has 3 heterocycles. The number of nitrogens with zero attached hydrogens (tertiary/aromatic N) is 4. The first kappa shape index (κ1) is 9.91. The van der Waals surface area contributed by atoms with Crippen molar-refractivity contribution in [2.45, 2.75) is 0 Å². The van der Waals surface area contributed by atoms with Gasteiger partial charge in [0, 0.05) is 29.5 Å². The SMILES string of the molecule is c1cnc(Nc2nc(-c3cn[nH]c3)cs2)nc1. The van der Waals surface area contributed by atoms with Gasteiger partial charge in [-0.1, -0.05) is 0 Å². The first-order valence-electron chi connectivity index (χ1n) is 4.90. The molecule has 0 amide bonds. The smallest absolute Gasteiger partial charge is 0.228 e. The number of aromatic amines is 1. The molecule has 0 aromatic carbocycles. The van der Waals surface area contributed by atoms with Gasteiger partial charge >= 0.3 is 0 Å². The zero-order valence-electron chi connectivity index (χ0n) is 8.66. The standard InChI is InChI=1S/C10H8N6S/c1-2-11-9(12-3-1)16-10-15-8(6-17-10)7-4-13-14-5-7/h1-6H,(H,13,14)(H,11,12,15,16). The molecule has 0 bridgehead atoms. The van der Waals surface area contributed by atoms with Crippen LogP contribution in [0.1, 0.15) is 0 Å². The molecular formula is C10H8N6S. The van der Waals surface area contributed by atoms with E-state index >= 15 is 0 Å². The van der Waals surface area contributed by atoms with Crippen molar-refractivity contribution < 1.29 is 0 Å². The van der Waals surface area contributed by atoms with Crippen molar-refractivity contribution in [2.75, 3.05) is 5.32 Å². The number of aromatic nitrogens is 5. The molecule has 0 saturated heterocycles. The Morgan fingerprint density at radius 1 is 1.24 bits per heavy atom. The van der Waals surface area contributed by atoms with E-state index in [0.29, 0.717) is 5.95 Å². The summed E-state index contributed by atoms with van der Waals surface area (Å²) in [4.78, 5) is 12.6. The van der Waals surface area contributed by atoms with Crippen LogP contribution < -0.4 is 5.32 Å². The Labute approximate surface area is 101 Å². The summed E-state index contributed by atoms with van der Waals surface area (Å²) < 4.78 is 0. The Morgan fingerprint density at radius 2 is 2.12 bits per heavy atom. The lowest BCUT2D eigenvalue weighted by atomic mass is 10.3. The van der Waals surface area contributed by atoms with Gasteiger partial charge in [0.15, 0.2) is 5.13 Å². The third-order valence-corrected chi connectivity index (χ3v) is 2.84. The predicted molar refractivity (Wildman–Crippen MR) is 65.0 cm³/mol. The van der Waals surface area contributed by atoms with Crippen molar-refractivity contribution >= 4 is 22.4 Å². The van der Waals surface area contributed by atoms with Gasteiger partial charge < -0.3 is 5.32 Å². The van der Waals surface area contributed by atoms with E-state index in [-0.39, 0.29) is 0 Å². The monoisotopic (exact) mass is 244 g/mol. The van der Waals surface area contributed by atoms with Crippen LogP contribution in [0.3, 0.4) is 0 Å². The summed E-state index contributed by atoms with van der Waals surface area (Å²) >= 11 is 1.50. The van der Waals surface area contributed by atoms with Gasteiger partial charge in [-0.2, -0.15) is 5.10 Å². The summed E-state index contributed by atoms with van der Waals surface area (Å²) in [5.41, 5.74) is 1.84. The highest BCUT2D eigenvalue weighted by Crippen LogP contribution is 2.25. The van der Waals surface area contributed by atoms with Crippen molar-refractivity contribution in [3.8, 4) is 11.3 Å². The van der Waals surface area contributed by atoms with Crippen LogP contribution in [-0.2, 0) is 0 Å². The van der Waals surface area contributed by atoms with E-state index in [1.165, 1.54) is 11.3 Å². The summed E-state index contributed by atoms with van der Waals surface area (Å²) in [6.07, 6.45) is 6.90. The highest BCUT2D eigenvalue weighted by Gasteiger charge is 2.06. The number of thiazole rings is 1. The van der Waals surface area contributed by atoms with E-state index < -0.39 is 0 Å². The maximum absolute atomic E-state index is 4.42. The number of rotatable bonds is 3. The van der Waals surface area contributed by atoms with Gasteiger partial charge in [0.25, 0.3) is 0 Å². The third-order valence-electron chi connectivity index (χ3n) is 2.08. The van der Waals surface area contributed by atoms with Crippen molar-refractivity contribution in [3.05, 3.63) is 36.2 Å². The average molecular weight is 244 g/mol. The molecule has 3 aromatic heterocycles. The zero-order chi connectivity index (χ0) is 11.5. The van der Waals surface area contributed by atoms with E-state index in [9.17, 15) is 0 Å². The maximum Gasteiger partial charge on any atom is 0.228 e. The Morgan fingerprint density at radius 3 is 2.88 bits per heavy atom. The second-order valence-electron chi connectivity index (χ2n) is 3.22. The van der Waals surface area contributed by atoms with Gasteiger partial charge in [-0.05, 0) is 6.07 Å². The highest BCUT2D eigenvalue weighted by molar-refractivity contribution is 7.14. The molecule has 0 radical (unpaired) electrons. The number of nitrogens with one attached hydrogen (secondary N) is 2. The molecule has 6 nitrogen and oxygen atoms in total. The summed E-state index contributed by atoms with van der Waals surface area (Å²) in [6, 6.07) is 1.77. The van der Waals surface area contributed by atoms with Crippen molar-refractivity contribution in [2.24, 2.45) is 0 Å². The number of H-pyrrole nitrogens is 1. The zero-order valence-corrected chi connectivity index (χ0v) is 9.48. The molecule has 84 valence electrons. The molecule has 0 spiro atoms. The minimum absolute atomic E-state index is 0.542. The Balaban J connectivity index is 1.82. The molecule has 0 unspecified atom stereocenters. The second-order valence-corrected chi connectivity index (χ2v) is 4.08. The fourth-order valence-corrected chi connectivity index (χ4v) is 2.03. The largest absolute Gasteiger partial charge is 0.300 e. The third kappa shape index (κ3) is 2.13. The number of hydrogen-bond donors (Lipinski definition) is 2. The highest BCUT2D eigenvalue weighted by atomic mass is 32.1. The molecule has 3 aromatic rings. The van der Waals surface area contributed by atoms with Crippen LogP contribution in [0.2, 0.25) is 0 Å². The van der Waals surface area contributed by atoms with Gasteiger partial charge in [0.1, 0.15) is 0 Å². The molecule has 0 aliphatic rings. The average Bonchev–Trinajstić information content (AvgIpc) is 3.00. The van der Waals surface area contributed by atoms with Crippen molar-refractivity contribution in [1.82, 2.24) is 25.1 Å². The van der Waals surface area contributed by atoms with E-state index in [0.717, 1.165) is 16.4 Å². The summed E-state index contributed by atoms with van der Waals surface area (Å²) in [5, 5.41) is 12.4. The topological polar surface area (TPSA) is 79.4 Å². The molecule has 0 fully saturated rings. The van der Waals surface area contributed by atoms with Crippen LogP contribution in [0, 0.1) is 0 Å². The normalized spacial score (nSPS) is 10.4. The van der Waals surface area contributed by atoms with Gasteiger partial charge in [0.05, 0.1) is 11.9 Å². The Hall–Kier alpha value is -2.28. The van der Waals surface area contributed by atoms with E-state index in [2.05, 4.69) is 30.5 Å². The molecule has 0 atom stereocenters. The molecule has 0 aliphatic carbocycles. The van der Waals surface area contributed by atoms with Crippen LogP contribution in [0.25, 0.3) is 11.3 Å². The van der Waals surface area contributed by atoms with Crippen LogP contribution in [0.4, 0.5) is 11.1 Å². The minimum atomic E-state index is 0.542. The molecule has 0 aliphatic heterocycles. The summed E-state index contributed by atoms with van der Waals surface area (Å²) in [5.74, 6) is 0.542. The lowest BCUT2D eigenvalue weighted by Gasteiger charge is -1.97. The quantitative estimate of drug-likeness (QED) is 0.737. The van der Waals surface area contributed by atoms with E-state index in [1.54, 1.807) is 30.9 Å². The van der Waals surface area contributed by atoms with E-state index in [1.807, 2.05) is 5.38 Å². The van der Waals surface area contributed by atoms with E-state index in [4.69, 9.17) is 0 Å². The molecular weight excluding hydrogens is 236 g/mol. The van der Waals surface area contributed by atoms with Crippen molar-refractivity contribution in [1.29, 1.82) is 0 Å². The lowest BCUT2D eigenvalue weighted by molar-refractivity contribution is 1.09. The molecule has 2 N–H and O–H groups in total. The maximum atomic E-state index is 4.42. The molecule has 7 heteroatoms. The Kier molecular flexibility index (Phi) is 2.51. The summed E-state index contributed by atoms with van der Waals surface area (Å²) in [7, 11) is 0. The number of anilines is 2. The van der Waals surface area contributed by atoms with Gasteiger partial charge in [-0.25, -0.2) is 15.0 Å². The van der Waals surface area contributed by atoms with Gasteiger partial charge in [-0.3, -0.25) is 5.10 Å².